The van der Waals surface area contributed by atoms with E-state index in [-0.39, 0.29) is 0 Å². The fraction of sp³-hybridized carbons (Fsp3) is 0.857. The van der Waals surface area contributed by atoms with Crippen molar-refractivity contribution in [1.29, 1.82) is 0 Å². The van der Waals surface area contributed by atoms with Crippen molar-refractivity contribution < 1.29 is 5.11 Å². The van der Waals surface area contributed by atoms with Gasteiger partial charge in [-0.25, -0.2) is 4.98 Å². The Morgan fingerprint density at radius 2 is 2.22 bits per heavy atom. The van der Waals surface area contributed by atoms with Crippen molar-refractivity contribution in [2.45, 2.75) is 65.0 Å². The monoisotopic (exact) mass is 251 g/mol. The van der Waals surface area contributed by atoms with Gasteiger partial charge in [-0.05, 0) is 31.1 Å². The first-order valence-electron chi connectivity index (χ1n) is 7.14. The highest BCUT2D eigenvalue weighted by molar-refractivity contribution is 4.99. The first-order chi connectivity index (χ1) is 8.55. The van der Waals surface area contributed by atoms with E-state index in [0.717, 1.165) is 31.6 Å². The lowest BCUT2D eigenvalue weighted by molar-refractivity contribution is -0.0580. The van der Waals surface area contributed by atoms with E-state index in [0.29, 0.717) is 18.3 Å². The molecule has 0 spiro atoms. The predicted molar refractivity (Wildman–Crippen MR) is 71.1 cm³/mol. The maximum Gasteiger partial charge on any atom is 0.138 e. The van der Waals surface area contributed by atoms with Gasteiger partial charge in [-0.3, -0.25) is 4.68 Å². The highest BCUT2D eigenvalue weighted by atomic mass is 16.3. The van der Waals surface area contributed by atoms with Gasteiger partial charge < -0.3 is 5.11 Å². The molecule has 1 heterocycles. The normalized spacial score (nSPS) is 32.7. The number of rotatable bonds is 4. The molecule has 1 saturated carbocycles. The van der Waals surface area contributed by atoms with Gasteiger partial charge >= 0.3 is 0 Å². The Labute approximate surface area is 109 Å². The molecule has 1 N–H and O–H groups in total. The van der Waals surface area contributed by atoms with Crippen LogP contribution < -0.4 is 0 Å². The summed E-state index contributed by atoms with van der Waals surface area (Å²) in [7, 11) is 0. The van der Waals surface area contributed by atoms with E-state index in [1.807, 2.05) is 4.68 Å². The highest BCUT2D eigenvalue weighted by Crippen LogP contribution is 2.38. The van der Waals surface area contributed by atoms with Crippen LogP contribution in [0.2, 0.25) is 0 Å². The van der Waals surface area contributed by atoms with Gasteiger partial charge in [0.05, 0.1) is 5.60 Å². The first-order valence-corrected chi connectivity index (χ1v) is 7.14. The van der Waals surface area contributed by atoms with Crippen molar-refractivity contribution in [2.75, 3.05) is 0 Å². The van der Waals surface area contributed by atoms with Gasteiger partial charge in [0.1, 0.15) is 12.2 Å². The minimum atomic E-state index is -0.601. The summed E-state index contributed by atoms with van der Waals surface area (Å²) in [5.41, 5.74) is -0.601. The molecule has 4 nitrogen and oxygen atoms in total. The van der Waals surface area contributed by atoms with E-state index >= 15 is 0 Å². The second-order valence-electron chi connectivity index (χ2n) is 5.97. The van der Waals surface area contributed by atoms with Gasteiger partial charge in [-0.1, -0.05) is 27.2 Å². The molecule has 1 aliphatic carbocycles. The quantitative estimate of drug-likeness (QED) is 0.894. The molecule has 102 valence electrons. The fourth-order valence-corrected chi connectivity index (χ4v) is 3.05. The second kappa shape index (κ2) is 5.39. The zero-order valence-electron chi connectivity index (χ0n) is 11.8. The lowest BCUT2D eigenvalue weighted by Gasteiger charge is -2.40. The van der Waals surface area contributed by atoms with Crippen LogP contribution in [0.25, 0.3) is 0 Å². The van der Waals surface area contributed by atoms with Gasteiger partial charge in [-0.2, -0.15) is 5.10 Å². The Bertz CT molecular complexity index is 390. The van der Waals surface area contributed by atoms with E-state index in [2.05, 4.69) is 30.9 Å². The molecule has 4 heteroatoms. The topological polar surface area (TPSA) is 50.9 Å². The summed E-state index contributed by atoms with van der Waals surface area (Å²) in [5.74, 6) is 1.88. The maximum atomic E-state index is 10.9. The molecule has 1 fully saturated rings. The third kappa shape index (κ3) is 2.74. The standard InChI is InChI=1S/C14H25N3O/c1-4-7-17-13(15-10-16-17)9-14(18)8-11(2)5-6-12(14)3/h10-12,18H,4-9H2,1-3H3. The Kier molecular flexibility index (Phi) is 4.05. The number of aryl methyl sites for hydroxylation is 1. The molecule has 1 aromatic rings. The smallest absolute Gasteiger partial charge is 0.138 e. The summed E-state index contributed by atoms with van der Waals surface area (Å²) in [6.07, 6.45) is 6.50. The first kappa shape index (κ1) is 13.5. The molecule has 1 aromatic heterocycles. The molecule has 0 aromatic carbocycles. The second-order valence-corrected chi connectivity index (χ2v) is 5.97. The molecule has 1 aliphatic rings. The van der Waals surface area contributed by atoms with Gasteiger partial charge in [0.15, 0.2) is 0 Å². The average Bonchev–Trinajstić information content (AvgIpc) is 2.72. The molecule has 0 bridgehead atoms. The summed E-state index contributed by atoms with van der Waals surface area (Å²) in [6.45, 7) is 7.40. The third-order valence-corrected chi connectivity index (χ3v) is 4.31. The van der Waals surface area contributed by atoms with Crippen LogP contribution in [0.1, 0.15) is 52.3 Å². The summed E-state index contributed by atoms with van der Waals surface area (Å²) in [5, 5.41) is 15.1. The van der Waals surface area contributed by atoms with Crippen molar-refractivity contribution >= 4 is 0 Å². The summed E-state index contributed by atoms with van der Waals surface area (Å²) in [4.78, 5) is 4.33. The fourth-order valence-electron chi connectivity index (χ4n) is 3.05. The Hall–Kier alpha value is -0.900. The van der Waals surface area contributed by atoms with Crippen LogP contribution in [0.3, 0.4) is 0 Å². The Morgan fingerprint density at radius 1 is 1.44 bits per heavy atom. The zero-order valence-corrected chi connectivity index (χ0v) is 11.8. The minimum absolute atomic E-state index is 0.348. The summed E-state index contributed by atoms with van der Waals surface area (Å²) >= 11 is 0. The van der Waals surface area contributed by atoms with Crippen molar-refractivity contribution in [3.8, 4) is 0 Å². The van der Waals surface area contributed by atoms with E-state index < -0.39 is 5.60 Å². The van der Waals surface area contributed by atoms with Gasteiger partial charge in [-0.15, -0.1) is 0 Å². The van der Waals surface area contributed by atoms with Crippen molar-refractivity contribution in [2.24, 2.45) is 11.8 Å². The molecule has 3 atom stereocenters. The number of aromatic nitrogens is 3. The molecule has 2 rings (SSSR count). The van der Waals surface area contributed by atoms with Crippen molar-refractivity contribution in [1.82, 2.24) is 14.8 Å². The molecule has 0 amide bonds. The van der Waals surface area contributed by atoms with Crippen LogP contribution in [0.4, 0.5) is 0 Å². The van der Waals surface area contributed by atoms with Gasteiger partial charge in [0.25, 0.3) is 0 Å². The van der Waals surface area contributed by atoms with Crippen LogP contribution in [-0.2, 0) is 13.0 Å². The lowest BCUT2D eigenvalue weighted by atomic mass is 9.70. The molecule has 0 saturated heterocycles. The Morgan fingerprint density at radius 3 is 2.94 bits per heavy atom. The molecular formula is C14H25N3O. The van der Waals surface area contributed by atoms with E-state index in [9.17, 15) is 5.11 Å². The third-order valence-electron chi connectivity index (χ3n) is 4.31. The highest BCUT2D eigenvalue weighted by Gasteiger charge is 2.39. The predicted octanol–water partition coefficient (Wildman–Crippen LogP) is 2.42. The van der Waals surface area contributed by atoms with Crippen LogP contribution >= 0.6 is 0 Å². The molecule has 18 heavy (non-hydrogen) atoms. The minimum Gasteiger partial charge on any atom is -0.389 e. The molecule has 3 unspecified atom stereocenters. The largest absolute Gasteiger partial charge is 0.389 e. The number of hydrogen-bond acceptors (Lipinski definition) is 3. The zero-order chi connectivity index (χ0) is 13.2. The number of hydrogen-bond donors (Lipinski definition) is 1. The summed E-state index contributed by atoms with van der Waals surface area (Å²) in [6, 6.07) is 0. The Balaban J connectivity index is 2.13. The average molecular weight is 251 g/mol. The lowest BCUT2D eigenvalue weighted by Crippen LogP contribution is -2.44. The molecule has 0 radical (unpaired) electrons. The van der Waals surface area contributed by atoms with Gasteiger partial charge in [0.2, 0.25) is 0 Å². The maximum absolute atomic E-state index is 10.9. The van der Waals surface area contributed by atoms with E-state index in [4.69, 9.17) is 0 Å². The summed E-state index contributed by atoms with van der Waals surface area (Å²) < 4.78 is 1.93. The van der Waals surface area contributed by atoms with E-state index in [1.54, 1.807) is 6.33 Å². The van der Waals surface area contributed by atoms with Crippen LogP contribution in [-0.4, -0.2) is 25.5 Å². The van der Waals surface area contributed by atoms with Crippen LogP contribution in [0.5, 0.6) is 0 Å². The van der Waals surface area contributed by atoms with Crippen LogP contribution in [0, 0.1) is 11.8 Å². The molecule has 0 aliphatic heterocycles. The van der Waals surface area contributed by atoms with Crippen LogP contribution in [0.15, 0.2) is 6.33 Å². The molecular weight excluding hydrogens is 226 g/mol. The van der Waals surface area contributed by atoms with E-state index in [1.165, 1.54) is 6.42 Å². The number of nitrogens with zero attached hydrogens (tertiary/aromatic N) is 3. The van der Waals surface area contributed by atoms with Crippen molar-refractivity contribution in [3.63, 3.8) is 0 Å². The number of aliphatic hydroxyl groups is 1. The van der Waals surface area contributed by atoms with Gasteiger partial charge in [0, 0.05) is 13.0 Å². The SMILES string of the molecule is CCCn1ncnc1CC1(O)CC(C)CCC1C. The van der Waals surface area contributed by atoms with Crippen molar-refractivity contribution in [3.05, 3.63) is 12.2 Å².